The van der Waals surface area contributed by atoms with Crippen molar-refractivity contribution in [3.05, 3.63) is 54.4 Å². The molecule has 1 heterocycles. The summed E-state index contributed by atoms with van der Waals surface area (Å²) >= 11 is 0. The minimum atomic E-state index is -3.57. The number of amides is 2. The highest BCUT2D eigenvalue weighted by atomic mass is 32.2. The maximum atomic E-state index is 12.2. The second-order valence-electron chi connectivity index (χ2n) is 5.70. The number of pyridine rings is 1. The van der Waals surface area contributed by atoms with Crippen LogP contribution in [0.4, 0.5) is 11.4 Å². The lowest BCUT2D eigenvalue weighted by atomic mass is 10.2. The first-order valence-electron chi connectivity index (χ1n) is 7.75. The van der Waals surface area contributed by atoms with Gasteiger partial charge in [0.05, 0.1) is 12.8 Å². The molecule has 1 aromatic carbocycles. The fraction of sp³-hybridized carbons (Fsp3) is 0.235. The van der Waals surface area contributed by atoms with E-state index in [0.29, 0.717) is 16.9 Å². The minimum Gasteiger partial charge on any atom is -0.326 e. The van der Waals surface area contributed by atoms with Gasteiger partial charge in [0.2, 0.25) is 21.8 Å². The summed E-state index contributed by atoms with van der Waals surface area (Å²) in [5.41, 5.74) is 1.79. The molecule has 138 valence electrons. The highest BCUT2D eigenvalue weighted by Crippen LogP contribution is 2.14. The van der Waals surface area contributed by atoms with Gasteiger partial charge in [0.25, 0.3) is 0 Å². The predicted octanol–water partition coefficient (Wildman–Crippen LogP) is 1.44. The Morgan fingerprint density at radius 3 is 2.19 bits per heavy atom. The van der Waals surface area contributed by atoms with Crippen LogP contribution in [0.5, 0.6) is 0 Å². The average molecular weight is 376 g/mol. The van der Waals surface area contributed by atoms with Crippen LogP contribution in [0.2, 0.25) is 0 Å². The first kappa shape index (κ1) is 19.5. The molecule has 0 saturated heterocycles. The summed E-state index contributed by atoms with van der Waals surface area (Å²) in [4.78, 5) is 27.2. The molecule has 2 N–H and O–H groups in total. The van der Waals surface area contributed by atoms with E-state index in [2.05, 4.69) is 15.6 Å². The monoisotopic (exact) mass is 376 g/mol. The molecule has 0 spiro atoms. The Kier molecular flexibility index (Phi) is 6.42. The molecule has 0 bridgehead atoms. The number of nitrogens with zero attached hydrogens (tertiary/aromatic N) is 2. The Labute approximate surface area is 152 Å². The Morgan fingerprint density at radius 1 is 1.08 bits per heavy atom. The quantitative estimate of drug-likeness (QED) is 0.760. The second kappa shape index (κ2) is 8.54. The molecule has 1 aromatic heterocycles. The van der Waals surface area contributed by atoms with Crippen molar-refractivity contribution in [2.75, 3.05) is 23.4 Å². The molecular formula is C17H20N4O4S. The second-order valence-corrected chi connectivity index (χ2v) is 7.68. The molecule has 0 saturated carbocycles. The van der Waals surface area contributed by atoms with Crippen LogP contribution in [0.1, 0.15) is 12.5 Å². The van der Waals surface area contributed by atoms with E-state index in [1.165, 1.54) is 6.92 Å². The molecule has 2 amide bonds. The van der Waals surface area contributed by atoms with Gasteiger partial charge in [0, 0.05) is 37.2 Å². The van der Waals surface area contributed by atoms with Gasteiger partial charge >= 0.3 is 0 Å². The molecule has 2 rings (SSSR count). The summed E-state index contributed by atoms with van der Waals surface area (Å²) in [6, 6.07) is 9.96. The summed E-state index contributed by atoms with van der Waals surface area (Å²) in [5.74, 6) is -0.660. The van der Waals surface area contributed by atoms with Crippen molar-refractivity contribution in [2.45, 2.75) is 13.5 Å². The lowest BCUT2D eigenvalue weighted by Crippen LogP contribution is -2.36. The average Bonchev–Trinajstić information content (AvgIpc) is 2.56. The zero-order valence-corrected chi connectivity index (χ0v) is 15.3. The first-order chi connectivity index (χ1) is 12.2. The van der Waals surface area contributed by atoms with Crippen LogP contribution in [-0.4, -0.2) is 42.3 Å². The zero-order valence-electron chi connectivity index (χ0n) is 14.5. The molecular weight excluding hydrogens is 356 g/mol. The van der Waals surface area contributed by atoms with Crippen molar-refractivity contribution in [1.29, 1.82) is 0 Å². The van der Waals surface area contributed by atoms with E-state index in [0.717, 1.165) is 10.6 Å². The van der Waals surface area contributed by atoms with E-state index >= 15 is 0 Å². The predicted molar refractivity (Wildman–Crippen MR) is 98.9 cm³/mol. The number of benzene rings is 1. The lowest BCUT2D eigenvalue weighted by molar-refractivity contribution is -0.116. The number of hydrogen-bond donors (Lipinski definition) is 2. The summed E-state index contributed by atoms with van der Waals surface area (Å²) in [6.45, 7) is 1.14. The van der Waals surface area contributed by atoms with Gasteiger partial charge in [-0.3, -0.25) is 14.6 Å². The molecule has 0 radical (unpaired) electrons. The van der Waals surface area contributed by atoms with Crippen molar-refractivity contribution in [1.82, 2.24) is 9.29 Å². The molecule has 8 nitrogen and oxygen atoms in total. The number of hydrogen-bond acceptors (Lipinski definition) is 5. The largest absolute Gasteiger partial charge is 0.326 e. The SMILES string of the molecule is CC(=O)Nc1ccc(NC(=O)CN(Cc2cccnc2)S(C)(=O)=O)cc1. The third-order valence-corrected chi connectivity index (χ3v) is 4.56. The molecule has 2 aromatic rings. The summed E-state index contributed by atoms with van der Waals surface area (Å²) < 4.78 is 25.0. The van der Waals surface area contributed by atoms with Crippen molar-refractivity contribution >= 4 is 33.2 Å². The van der Waals surface area contributed by atoms with Gasteiger partial charge in [-0.15, -0.1) is 0 Å². The van der Waals surface area contributed by atoms with Crippen LogP contribution in [0.25, 0.3) is 0 Å². The zero-order chi connectivity index (χ0) is 19.2. The van der Waals surface area contributed by atoms with Crippen LogP contribution in [-0.2, 0) is 26.2 Å². The number of sulfonamides is 1. The topological polar surface area (TPSA) is 108 Å². The van der Waals surface area contributed by atoms with Crippen LogP contribution in [0, 0.1) is 0 Å². The maximum Gasteiger partial charge on any atom is 0.239 e. The lowest BCUT2D eigenvalue weighted by Gasteiger charge is -2.19. The van der Waals surface area contributed by atoms with E-state index in [1.807, 2.05) is 0 Å². The Balaban J connectivity index is 2.02. The first-order valence-corrected chi connectivity index (χ1v) is 9.60. The Bertz CT molecular complexity index is 867. The third kappa shape index (κ3) is 6.26. The fourth-order valence-corrected chi connectivity index (χ4v) is 2.92. The van der Waals surface area contributed by atoms with E-state index < -0.39 is 15.9 Å². The van der Waals surface area contributed by atoms with Gasteiger partial charge in [-0.1, -0.05) is 6.07 Å². The van der Waals surface area contributed by atoms with Gasteiger partial charge in [0.1, 0.15) is 0 Å². The normalized spacial score (nSPS) is 11.2. The van der Waals surface area contributed by atoms with E-state index in [1.54, 1.807) is 48.8 Å². The van der Waals surface area contributed by atoms with Gasteiger partial charge in [-0.25, -0.2) is 8.42 Å². The number of carbonyl (C=O) groups excluding carboxylic acids is 2. The molecule has 0 aliphatic heterocycles. The summed E-state index contributed by atoms with van der Waals surface area (Å²) in [6.07, 6.45) is 4.20. The number of aromatic nitrogens is 1. The van der Waals surface area contributed by atoms with Crippen LogP contribution < -0.4 is 10.6 Å². The van der Waals surface area contributed by atoms with Crippen molar-refractivity contribution in [3.8, 4) is 0 Å². The van der Waals surface area contributed by atoms with Gasteiger partial charge in [-0.2, -0.15) is 4.31 Å². The number of anilines is 2. The Morgan fingerprint density at radius 2 is 1.69 bits per heavy atom. The number of rotatable bonds is 7. The fourth-order valence-electron chi connectivity index (χ4n) is 2.19. The molecule has 9 heteroatoms. The molecule has 0 aliphatic rings. The smallest absolute Gasteiger partial charge is 0.239 e. The van der Waals surface area contributed by atoms with Gasteiger partial charge in [0.15, 0.2) is 0 Å². The van der Waals surface area contributed by atoms with Crippen LogP contribution >= 0.6 is 0 Å². The van der Waals surface area contributed by atoms with E-state index in [-0.39, 0.29) is 19.0 Å². The highest BCUT2D eigenvalue weighted by Gasteiger charge is 2.20. The molecule has 0 atom stereocenters. The molecule has 26 heavy (non-hydrogen) atoms. The molecule has 0 fully saturated rings. The summed E-state index contributed by atoms with van der Waals surface area (Å²) in [7, 11) is -3.57. The highest BCUT2D eigenvalue weighted by molar-refractivity contribution is 7.88. The Hall–Kier alpha value is -2.78. The number of nitrogens with one attached hydrogen (secondary N) is 2. The number of carbonyl (C=O) groups is 2. The standard InChI is InChI=1S/C17H20N4O4S/c1-13(22)19-15-5-7-16(8-6-15)20-17(23)12-21(26(2,24)25)11-14-4-3-9-18-10-14/h3-10H,11-12H2,1-2H3,(H,19,22)(H,20,23). The van der Waals surface area contributed by atoms with E-state index in [4.69, 9.17) is 0 Å². The molecule has 0 aliphatic carbocycles. The van der Waals surface area contributed by atoms with Crippen LogP contribution in [0.3, 0.4) is 0 Å². The summed E-state index contributed by atoms with van der Waals surface area (Å²) in [5, 5.41) is 5.26. The van der Waals surface area contributed by atoms with Gasteiger partial charge < -0.3 is 10.6 Å². The van der Waals surface area contributed by atoms with E-state index in [9.17, 15) is 18.0 Å². The third-order valence-electron chi connectivity index (χ3n) is 3.36. The maximum absolute atomic E-state index is 12.2. The minimum absolute atomic E-state index is 0.0571. The van der Waals surface area contributed by atoms with Crippen LogP contribution in [0.15, 0.2) is 48.8 Å². The van der Waals surface area contributed by atoms with Crippen molar-refractivity contribution in [2.24, 2.45) is 0 Å². The van der Waals surface area contributed by atoms with Crippen molar-refractivity contribution < 1.29 is 18.0 Å². The van der Waals surface area contributed by atoms with Crippen molar-refractivity contribution in [3.63, 3.8) is 0 Å². The van der Waals surface area contributed by atoms with Gasteiger partial charge in [-0.05, 0) is 35.9 Å². The molecule has 0 unspecified atom stereocenters.